The zero-order chi connectivity index (χ0) is 8.48. The molecule has 1 nitrogen and oxygen atoms in total. The molecule has 0 saturated carbocycles. The Hall–Kier alpha value is -0.700. The third-order valence-corrected chi connectivity index (χ3v) is 1.33. The Labute approximate surface area is 68.0 Å². The van der Waals surface area contributed by atoms with Crippen LogP contribution in [-0.4, -0.2) is 4.98 Å². The number of hydrogen-bond donors (Lipinski definition) is 0. The summed E-state index contributed by atoms with van der Waals surface area (Å²) in [5.74, 6) is -3.13. The minimum absolute atomic E-state index is 0.331. The van der Waals surface area contributed by atoms with E-state index >= 15 is 0 Å². The lowest BCUT2D eigenvalue weighted by molar-refractivity contribution is 0.0438. The van der Waals surface area contributed by atoms with Gasteiger partial charge in [-0.05, 0) is 12.1 Å². The first-order valence-electron chi connectivity index (χ1n) is 2.85. The van der Waals surface area contributed by atoms with Gasteiger partial charge in [0.1, 0.15) is 5.69 Å². The molecule has 1 aromatic heterocycles. The molecule has 0 bridgehead atoms. The molecule has 1 heterocycles. The molecule has 0 atom stereocenters. The third kappa shape index (κ3) is 2.12. The van der Waals surface area contributed by atoms with E-state index in [1.807, 2.05) is 0 Å². The van der Waals surface area contributed by atoms with E-state index in [4.69, 9.17) is 11.6 Å². The maximum absolute atomic E-state index is 12.4. The second-order valence-electron chi connectivity index (χ2n) is 2.07. The van der Waals surface area contributed by atoms with Gasteiger partial charge in [0, 0.05) is 13.1 Å². The van der Waals surface area contributed by atoms with Crippen molar-refractivity contribution < 1.29 is 8.78 Å². The topological polar surface area (TPSA) is 12.9 Å². The van der Waals surface area contributed by atoms with Gasteiger partial charge in [0.25, 0.3) is 5.92 Å². The van der Waals surface area contributed by atoms with Crippen molar-refractivity contribution in [2.45, 2.75) is 5.92 Å². The third-order valence-electron chi connectivity index (χ3n) is 1.10. The number of aromatic nitrogens is 1. The summed E-state index contributed by atoms with van der Waals surface area (Å²) < 4.78 is 24.7. The van der Waals surface area contributed by atoms with Gasteiger partial charge in [0.15, 0.2) is 0 Å². The van der Waals surface area contributed by atoms with Gasteiger partial charge in [0.05, 0.1) is 5.02 Å². The first-order valence-corrected chi connectivity index (χ1v) is 3.23. The number of halogens is 3. The van der Waals surface area contributed by atoms with Crippen LogP contribution in [0, 0.1) is 6.92 Å². The number of rotatable bonds is 1. The summed E-state index contributed by atoms with van der Waals surface area (Å²) in [4.78, 5) is 3.41. The number of hydrogen-bond acceptors (Lipinski definition) is 1. The van der Waals surface area contributed by atoms with Gasteiger partial charge in [-0.3, -0.25) is 4.98 Å². The molecule has 1 aromatic rings. The van der Waals surface area contributed by atoms with Crippen molar-refractivity contribution in [3.63, 3.8) is 0 Å². The van der Waals surface area contributed by atoms with E-state index in [0.717, 1.165) is 12.3 Å². The molecule has 11 heavy (non-hydrogen) atoms. The Morgan fingerprint density at radius 3 is 2.45 bits per heavy atom. The fourth-order valence-corrected chi connectivity index (χ4v) is 0.704. The monoisotopic (exact) mass is 176 g/mol. The Kier molecular flexibility index (Phi) is 2.09. The van der Waals surface area contributed by atoms with Crippen LogP contribution in [-0.2, 0) is 5.92 Å². The largest absolute Gasteiger partial charge is 0.289 e. The summed E-state index contributed by atoms with van der Waals surface area (Å²) in [5.41, 5.74) is -0.373. The maximum atomic E-state index is 12.4. The summed E-state index contributed by atoms with van der Waals surface area (Å²) in [5, 5.41) is 0.331. The molecule has 0 saturated heterocycles. The maximum Gasteiger partial charge on any atom is 0.289 e. The molecule has 4 heteroatoms. The molecular formula is C7H5ClF2N. The predicted molar refractivity (Wildman–Crippen MR) is 38.5 cm³/mol. The molecule has 0 spiro atoms. The first-order chi connectivity index (χ1) is 5.00. The van der Waals surface area contributed by atoms with Crippen LogP contribution in [0.4, 0.5) is 8.78 Å². The number of alkyl halides is 2. The second-order valence-corrected chi connectivity index (χ2v) is 2.50. The van der Waals surface area contributed by atoms with E-state index in [1.54, 1.807) is 0 Å². The van der Waals surface area contributed by atoms with E-state index in [-0.39, 0.29) is 5.69 Å². The fourth-order valence-electron chi connectivity index (χ4n) is 0.592. The molecule has 0 fully saturated rings. The van der Waals surface area contributed by atoms with Gasteiger partial charge < -0.3 is 0 Å². The molecule has 0 amide bonds. The van der Waals surface area contributed by atoms with Gasteiger partial charge in [0.2, 0.25) is 0 Å². The highest BCUT2D eigenvalue weighted by Gasteiger charge is 2.25. The van der Waals surface area contributed by atoms with Crippen LogP contribution in [0.1, 0.15) is 5.69 Å². The standard InChI is InChI=1S/C7H5ClF2N/c1-7(9,10)6-3-2-5(8)4-11-6/h2-4H,1H2. The highest BCUT2D eigenvalue weighted by Crippen LogP contribution is 2.24. The average Bonchev–Trinajstić information content (AvgIpc) is 1.86. The normalized spacial score (nSPS) is 11.6. The number of nitrogens with zero attached hydrogens (tertiary/aromatic N) is 1. The van der Waals surface area contributed by atoms with Crippen molar-refractivity contribution in [3.05, 3.63) is 36.0 Å². The molecule has 0 N–H and O–H groups in total. The molecule has 1 rings (SSSR count). The smallest absolute Gasteiger partial charge is 0.253 e. The summed E-state index contributed by atoms with van der Waals surface area (Å²) in [6.07, 6.45) is 1.16. The lowest BCUT2D eigenvalue weighted by atomic mass is 10.2. The van der Waals surface area contributed by atoms with Crippen LogP contribution in [0.15, 0.2) is 18.3 Å². The van der Waals surface area contributed by atoms with E-state index in [0.29, 0.717) is 5.02 Å². The van der Waals surface area contributed by atoms with Crippen molar-refractivity contribution >= 4 is 11.6 Å². The highest BCUT2D eigenvalue weighted by atomic mass is 35.5. The predicted octanol–water partition coefficient (Wildman–Crippen LogP) is 2.66. The lowest BCUT2D eigenvalue weighted by Crippen LogP contribution is -2.09. The van der Waals surface area contributed by atoms with Gasteiger partial charge in [-0.1, -0.05) is 11.6 Å². The zero-order valence-corrected chi connectivity index (χ0v) is 6.28. The molecule has 0 aliphatic heterocycles. The first kappa shape index (κ1) is 8.40. The molecule has 0 unspecified atom stereocenters. The van der Waals surface area contributed by atoms with Crippen LogP contribution in [0.25, 0.3) is 0 Å². The van der Waals surface area contributed by atoms with E-state index < -0.39 is 5.92 Å². The zero-order valence-electron chi connectivity index (χ0n) is 5.52. The lowest BCUT2D eigenvalue weighted by Gasteiger charge is -2.07. The Morgan fingerprint density at radius 1 is 1.45 bits per heavy atom. The van der Waals surface area contributed by atoms with E-state index in [1.165, 1.54) is 6.07 Å². The number of pyridine rings is 1. The molecule has 0 aliphatic carbocycles. The van der Waals surface area contributed by atoms with Crippen molar-refractivity contribution in [1.29, 1.82) is 0 Å². The average molecular weight is 177 g/mol. The quantitative estimate of drug-likeness (QED) is 0.641. The Balaban J connectivity index is 2.99. The Morgan fingerprint density at radius 2 is 2.09 bits per heavy atom. The fraction of sp³-hybridized carbons (Fsp3) is 0.143. The van der Waals surface area contributed by atoms with Crippen LogP contribution < -0.4 is 0 Å². The summed E-state index contributed by atoms with van der Waals surface area (Å²) in [6, 6.07) is 2.50. The van der Waals surface area contributed by atoms with Gasteiger partial charge in [-0.25, -0.2) is 0 Å². The van der Waals surface area contributed by atoms with Gasteiger partial charge in [-0.2, -0.15) is 8.78 Å². The SMILES string of the molecule is [CH2]C(F)(F)c1ccc(Cl)cn1. The molecule has 1 radical (unpaired) electrons. The van der Waals surface area contributed by atoms with Crippen molar-refractivity contribution in [1.82, 2.24) is 4.98 Å². The molecule has 0 aliphatic rings. The molecule has 0 aromatic carbocycles. The molecule has 59 valence electrons. The Bertz CT molecular complexity index is 240. The minimum atomic E-state index is -3.13. The van der Waals surface area contributed by atoms with Gasteiger partial charge >= 0.3 is 0 Å². The van der Waals surface area contributed by atoms with Crippen LogP contribution in [0.3, 0.4) is 0 Å². The van der Waals surface area contributed by atoms with Gasteiger partial charge in [-0.15, -0.1) is 0 Å². The van der Waals surface area contributed by atoms with E-state index in [2.05, 4.69) is 11.9 Å². The highest BCUT2D eigenvalue weighted by molar-refractivity contribution is 6.30. The summed E-state index contributed by atoms with van der Waals surface area (Å²) in [7, 11) is 0. The summed E-state index contributed by atoms with van der Waals surface area (Å²) >= 11 is 5.43. The van der Waals surface area contributed by atoms with Crippen LogP contribution >= 0.6 is 11.6 Å². The minimum Gasteiger partial charge on any atom is -0.253 e. The van der Waals surface area contributed by atoms with Crippen LogP contribution in [0.5, 0.6) is 0 Å². The van der Waals surface area contributed by atoms with Crippen molar-refractivity contribution in [2.24, 2.45) is 0 Å². The summed E-state index contributed by atoms with van der Waals surface area (Å²) in [6.45, 7) is 2.63. The van der Waals surface area contributed by atoms with E-state index in [9.17, 15) is 8.78 Å². The van der Waals surface area contributed by atoms with Crippen molar-refractivity contribution in [3.8, 4) is 0 Å². The van der Waals surface area contributed by atoms with Crippen LogP contribution in [0.2, 0.25) is 5.02 Å². The van der Waals surface area contributed by atoms with Crippen molar-refractivity contribution in [2.75, 3.05) is 0 Å². The second kappa shape index (κ2) is 2.74. The molecular weight excluding hydrogens is 172 g/mol.